The van der Waals surface area contributed by atoms with Crippen LogP contribution in [-0.2, 0) is 9.53 Å². The van der Waals surface area contributed by atoms with Crippen molar-refractivity contribution in [3.8, 4) is 0 Å². The number of nitrogens with zero attached hydrogens (tertiary/aromatic N) is 1. The van der Waals surface area contributed by atoms with E-state index in [-0.39, 0.29) is 17.8 Å². The van der Waals surface area contributed by atoms with E-state index in [0.717, 1.165) is 16.7 Å². The van der Waals surface area contributed by atoms with E-state index in [4.69, 9.17) is 4.74 Å². The highest BCUT2D eigenvalue weighted by atomic mass is 16.5. The highest BCUT2D eigenvalue weighted by molar-refractivity contribution is 5.96. The van der Waals surface area contributed by atoms with Gasteiger partial charge in [0, 0.05) is 18.7 Å². The predicted octanol–water partition coefficient (Wildman–Crippen LogP) is 1.94. The molecular weight excluding hydrogens is 242 g/mol. The average Bonchev–Trinajstić information content (AvgIpc) is 2.90. The van der Waals surface area contributed by atoms with E-state index < -0.39 is 0 Å². The summed E-state index contributed by atoms with van der Waals surface area (Å²) in [5.41, 5.74) is 2.84. The number of hydrogen-bond acceptors (Lipinski definition) is 3. The first kappa shape index (κ1) is 13.6. The van der Waals surface area contributed by atoms with Crippen LogP contribution in [-0.4, -0.2) is 37.0 Å². The van der Waals surface area contributed by atoms with Gasteiger partial charge in [-0.2, -0.15) is 0 Å². The maximum Gasteiger partial charge on any atom is 0.310 e. The van der Waals surface area contributed by atoms with Crippen LogP contribution in [0.4, 0.5) is 0 Å². The van der Waals surface area contributed by atoms with Crippen LogP contribution in [0, 0.1) is 19.8 Å². The summed E-state index contributed by atoms with van der Waals surface area (Å²) in [5, 5.41) is 0. The number of ether oxygens (including phenoxy) is 1. The highest BCUT2D eigenvalue weighted by Crippen LogP contribution is 2.22. The summed E-state index contributed by atoms with van der Waals surface area (Å²) in [6, 6.07) is 5.73. The van der Waals surface area contributed by atoms with E-state index in [0.29, 0.717) is 19.5 Å². The van der Waals surface area contributed by atoms with Crippen LogP contribution in [0.25, 0.3) is 0 Å². The Hall–Kier alpha value is -1.84. The number of methoxy groups -OCH3 is 1. The second-order valence-electron chi connectivity index (χ2n) is 5.01. The van der Waals surface area contributed by atoms with Gasteiger partial charge in [-0.3, -0.25) is 9.59 Å². The molecule has 1 atom stereocenters. The first-order valence-electron chi connectivity index (χ1n) is 6.48. The van der Waals surface area contributed by atoms with E-state index in [1.807, 2.05) is 32.0 Å². The zero-order chi connectivity index (χ0) is 14.0. The van der Waals surface area contributed by atoms with Gasteiger partial charge in [-0.25, -0.2) is 0 Å². The monoisotopic (exact) mass is 261 g/mol. The van der Waals surface area contributed by atoms with Crippen molar-refractivity contribution in [3.63, 3.8) is 0 Å². The fourth-order valence-electron chi connectivity index (χ4n) is 2.46. The molecule has 0 radical (unpaired) electrons. The molecule has 102 valence electrons. The Kier molecular flexibility index (Phi) is 3.88. The number of amides is 1. The summed E-state index contributed by atoms with van der Waals surface area (Å²) in [7, 11) is 1.39. The molecule has 19 heavy (non-hydrogen) atoms. The van der Waals surface area contributed by atoms with Gasteiger partial charge in [-0.15, -0.1) is 0 Å². The van der Waals surface area contributed by atoms with Crippen LogP contribution in [0.3, 0.4) is 0 Å². The molecule has 0 bridgehead atoms. The third-order valence-electron chi connectivity index (χ3n) is 3.85. The largest absolute Gasteiger partial charge is 0.469 e. The Labute approximate surface area is 113 Å². The first-order chi connectivity index (χ1) is 9.04. The molecule has 1 aliphatic rings. The number of carbonyl (C=O) groups excluding carboxylic acids is 2. The third kappa shape index (κ3) is 2.62. The minimum atomic E-state index is -0.226. The molecule has 4 nitrogen and oxygen atoms in total. The van der Waals surface area contributed by atoms with Crippen molar-refractivity contribution in [1.82, 2.24) is 4.90 Å². The standard InChI is InChI=1S/C15H19NO3/c1-10-5-4-6-13(11(10)2)14(17)16-8-7-12(9-16)15(18)19-3/h4-6,12H,7-9H2,1-3H3. The summed E-state index contributed by atoms with van der Waals surface area (Å²) < 4.78 is 4.73. The molecule has 0 saturated carbocycles. The summed E-state index contributed by atoms with van der Waals surface area (Å²) in [4.78, 5) is 25.7. The molecule has 1 fully saturated rings. The quantitative estimate of drug-likeness (QED) is 0.764. The molecule has 1 aromatic carbocycles. The minimum Gasteiger partial charge on any atom is -0.469 e. The zero-order valence-electron chi connectivity index (χ0n) is 11.6. The molecule has 0 aromatic heterocycles. The summed E-state index contributed by atoms with van der Waals surface area (Å²) in [6.07, 6.45) is 0.684. The Morgan fingerprint density at radius 1 is 1.32 bits per heavy atom. The molecule has 0 aliphatic carbocycles. The number of hydrogen-bond donors (Lipinski definition) is 0. The Balaban J connectivity index is 2.14. The number of benzene rings is 1. The van der Waals surface area contributed by atoms with E-state index in [1.54, 1.807) is 4.90 Å². The van der Waals surface area contributed by atoms with Crippen LogP contribution >= 0.6 is 0 Å². The lowest BCUT2D eigenvalue weighted by Gasteiger charge is -2.18. The van der Waals surface area contributed by atoms with Crippen molar-refractivity contribution in [2.75, 3.05) is 20.2 Å². The molecule has 4 heteroatoms. The SMILES string of the molecule is COC(=O)C1CCN(C(=O)c2cccc(C)c2C)C1. The highest BCUT2D eigenvalue weighted by Gasteiger charge is 2.32. The Morgan fingerprint density at radius 3 is 2.74 bits per heavy atom. The molecule has 1 amide bonds. The Bertz CT molecular complexity index is 510. The molecule has 2 rings (SSSR count). The van der Waals surface area contributed by atoms with Crippen LogP contribution in [0.15, 0.2) is 18.2 Å². The van der Waals surface area contributed by atoms with Crippen molar-refractivity contribution >= 4 is 11.9 Å². The zero-order valence-corrected chi connectivity index (χ0v) is 11.6. The van der Waals surface area contributed by atoms with Crippen LogP contribution in [0.1, 0.15) is 27.9 Å². The number of esters is 1. The van der Waals surface area contributed by atoms with Gasteiger partial charge in [-0.05, 0) is 37.5 Å². The van der Waals surface area contributed by atoms with E-state index in [1.165, 1.54) is 7.11 Å². The van der Waals surface area contributed by atoms with Gasteiger partial charge in [0.25, 0.3) is 5.91 Å². The minimum absolute atomic E-state index is 0.00704. The molecular formula is C15H19NO3. The van der Waals surface area contributed by atoms with Crippen molar-refractivity contribution in [2.45, 2.75) is 20.3 Å². The van der Waals surface area contributed by atoms with Gasteiger partial charge < -0.3 is 9.64 Å². The lowest BCUT2D eigenvalue weighted by atomic mass is 10.0. The Morgan fingerprint density at radius 2 is 2.05 bits per heavy atom. The van der Waals surface area contributed by atoms with Gasteiger partial charge in [0.05, 0.1) is 13.0 Å². The van der Waals surface area contributed by atoms with Crippen LogP contribution in [0.2, 0.25) is 0 Å². The number of rotatable bonds is 2. The van der Waals surface area contributed by atoms with Crippen LogP contribution in [0.5, 0.6) is 0 Å². The summed E-state index contributed by atoms with van der Waals surface area (Å²) in [6.45, 7) is 5.02. The second kappa shape index (κ2) is 5.43. The van der Waals surface area contributed by atoms with E-state index in [2.05, 4.69) is 0 Å². The van der Waals surface area contributed by atoms with E-state index in [9.17, 15) is 9.59 Å². The summed E-state index contributed by atoms with van der Waals surface area (Å²) in [5.74, 6) is -0.400. The van der Waals surface area contributed by atoms with Crippen LogP contribution < -0.4 is 0 Å². The number of carbonyl (C=O) groups is 2. The van der Waals surface area contributed by atoms with Crippen molar-refractivity contribution in [3.05, 3.63) is 34.9 Å². The topological polar surface area (TPSA) is 46.6 Å². The average molecular weight is 261 g/mol. The van der Waals surface area contributed by atoms with Gasteiger partial charge >= 0.3 is 5.97 Å². The molecule has 1 heterocycles. The van der Waals surface area contributed by atoms with Gasteiger partial charge in [0.2, 0.25) is 0 Å². The fourth-order valence-corrected chi connectivity index (χ4v) is 2.46. The lowest BCUT2D eigenvalue weighted by Crippen LogP contribution is -2.30. The van der Waals surface area contributed by atoms with E-state index >= 15 is 0 Å². The molecule has 1 unspecified atom stereocenters. The van der Waals surface area contributed by atoms with Gasteiger partial charge in [0.1, 0.15) is 0 Å². The maximum atomic E-state index is 12.5. The van der Waals surface area contributed by atoms with Crippen molar-refractivity contribution in [1.29, 1.82) is 0 Å². The molecule has 1 aromatic rings. The lowest BCUT2D eigenvalue weighted by molar-refractivity contribution is -0.144. The number of aryl methyl sites for hydroxylation is 1. The van der Waals surface area contributed by atoms with Crippen molar-refractivity contribution < 1.29 is 14.3 Å². The molecule has 0 spiro atoms. The second-order valence-corrected chi connectivity index (χ2v) is 5.01. The third-order valence-corrected chi connectivity index (χ3v) is 3.85. The smallest absolute Gasteiger partial charge is 0.310 e. The molecule has 1 saturated heterocycles. The normalized spacial score (nSPS) is 18.5. The predicted molar refractivity (Wildman–Crippen MR) is 71.9 cm³/mol. The van der Waals surface area contributed by atoms with Gasteiger partial charge in [0.15, 0.2) is 0 Å². The van der Waals surface area contributed by atoms with Crippen molar-refractivity contribution in [2.24, 2.45) is 5.92 Å². The first-order valence-corrected chi connectivity index (χ1v) is 6.48. The maximum absolute atomic E-state index is 12.5. The molecule has 1 aliphatic heterocycles. The number of likely N-dealkylation sites (tertiary alicyclic amines) is 1. The summed E-state index contributed by atoms with van der Waals surface area (Å²) >= 11 is 0. The van der Waals surface area contributed by atoms with Gasteiger partial charge in [-0.1, -0.05) is 12.1 Å². The molecule has 0 N–H and O–H groups in total. The fraction of sp³-hybridized carbons (Fsp3) is 0.467.